The molecule has 0 saturated heterocycles. The van der Waals surface area contributed by atoms with Gasteiger partial charge in [0.2, 0.25) is 0 Å². The highest BCUT2D eigenvalue weighted by Gasteiger charge is 2.32. The zero-order chi connectivity index (χ0) is 17.3. The van der Waals surface area contributed by atoms with Crippen LogP contribution in [0.4, 0.5) is 26.3 Å². The van der Waals surface area contributed by atoms with Gasteiger partial charge in [-0.15, -0.1) is 13.2 Å². The third-order valence-corrected chi connectivity index (χ3v) is 3.56. The minimum absolute atomic E-state index is 0.122. The molecule has 0 amide bonds. The zero-order valence-corrected chi connectivity index (χ0v) is 12.9. The summed E-state index contributed by atoms with van der Waals surface area (Å²) in [4.78, 5) is 0. The molecule has 1 nitrogen and oxygen atoms in total. The van der Waals surface area contributed by atoms with E-state index in [-0.39, 0.29) is 5.33 Å². The van der Waals surface area contributed by atoms with Crippen LogP contribution in [0.25, 0.3) is 11.1 Å². The maximum absolute atomic E-state index is 12.7. The molecule has 0 unspecified atom stereocenters. The zero-order valence-electron chi connectivity index (χ0n) is 11.3. The summed E-state index contributed by atoms with van der Waals surface area (Å²) in [7, 11) is 0. The van der Waals surface area contributed by atoms with Gasteiger partial charge in [-0.25, -0.2) is 0 Å². The first-order valence-electron chi connectivity index (χ1n) is 6.22. The molecule has 2 aromatic carbocycles. The monoisotopic (exact) mass is 398 g/mol. The predicted octanol–water partition coefficient (Wildman–Crippen LogP) is 6.17. The highest BCUT2D eigenvalue weighted by Crippen LogP contribution is 2.35. The number of ether oxygens (including phenoxy) is 1. The fourth-order valence-electron chi connectivity index (χ4n) is 2.02. The van der Waals surface area contributed by atoms with E-state index in [9.17, 15) is 26.3 Å². The third-order valence-electron chi connectivity index (χ3n) is 2.96. The van der Waals surface area contributed by atoms with E-state index < -0.39 is 23.9 Å². The van der Waals surface area contributed by atoms with Gasteiger partial charge in [-0.3, -0.25) is 0 Å². The van der Waals surface area contributed by atoms with Crippen molar-refractivity contribution in [2.24, 2.45) is 0 Å². The van der Waals surface area contributed by atoms with Gasteiger partial charge in [0.1, 0.15) is 5.75 Å². The molecule has 0 aliphatic heterocycles. The largest absolute Gasteiger partial charge is 0.573 e. The minimum atomic E-state index is -4.84. The quantitative estimate of drug-likeness (QED) is 0.444. The summed E-state index contributed by atoms with van der Waals surface area (Å²) in [5, 5.41) is 0.122. The average Bonchev–Trinajstić information content (AvgIpc) is 2.44. The fraction of sp³-hybridized carbons (Fsp3) is 0.200. The molecule has 0 aromatic heterocycles. The second-order valence-corrected chi connectivity index (χ2v) is 5.14. The van der Waals surface area contributed by atoms with E-state index >= 15 is 0 Å². The number of benzene rings is 2. The molecular weight excluding hydrogens is 390 g/mol. The molecule has 0 bridgehead atoms. The second kappa shape index (κ2) is 6.43. The van der Waals surface area contributed by atoms with E-state index in [0.717, 1.165) is 24.3 Å². The first kappa shape index (κ1) is 17.7. The summed E-state index contributed by atoms with van der Waals surface area (Å²) >= 11 is 3.10. The van der Waals surface area contributed by atoms with Crippen LogP contribution in [0.1, 0.15) is 11.1 Å². The van der Waals surface area contributed by atoms with Crippen molar-refractivity contribution in [3.8, 4) is 16.9 Å². The lowest BCUT2D eigenvalue weighted by molar-refractivity contribution is -0.274. The van der Waals surface area contributed by atoms with Crippen molar-refractivity contribution in [1.82, 2.24) is 0 Å². The van der Waals surface area contributed by atoms with Crippen LogP contribution >= 0.6 is 15.9 Å². The van der Waals surface area contributed by atoms with Crippen molar-refractivity contribution in [1.29, 1.82) is 0 Å². The molecule has 0 radical (unpaired) electrons. The van der Waals surface area contributed by atoms with Crippen molar-refractivity contribution in [2.45, 2.75) is 17.9 Å². The lowest BCUT2D eigenvalue weighted by Gasteiger charge is -2.14. The average molecular weight is 399 g/mol. The second-order valence-electron chi connectivity index (χ2n) is 4.58. The lowest BCUT2D eigenvalue weighted by Crippen LogP contribution is -2.17. The lowest BCUT2D eigenvalue weighted by atomic mass is 9.98. The van der Waals surface area contributed by atoms with Gasteiger partial charge in [-0.2, -0.15) is 13.2 Å². The highest BCUT2D eigenvalue weighted by atomic mass is 79.9. The van der Waals surface area contributed by atoms with Crippen molar-refractivity contribution in [2.75, 3.05) is 0 Å². The van der Waals surface area contributed by atoms with Gasteiger partial charge < -0.3 is 4.74 Å². The smallest absolute Gasteiger partial charge is 0.406 e. The van der Waals surface area contributed by atoms with Crippen molar-refractivity contribution in [3.05, 3.63) is 53.6 Å². The van der Waals surface area contributed by atoms with Gasteiger partial charge in [-0.05, 0) is 41.0 Å². The standard InChI is InChI=1S/C15H9BrF6O/c16-8-10-6-11(14(17,18)19)4-5-13(10)9-2-1-3-12(7-9)23-15(20,21)22/h1-7H,8H2. The first-order valence-corrected chi connectivity index (χ1v) is 7.34. The van der Waals surface area contributed by atoms with Crippen LogP contribution in [0.2, 0.25) is 0 Å². The normalized spacial score (nSPS) is 12.3. The van der Waals surface area contributed by atoms with Gasteiger partial charge in [0.05, 0.1) is 5.56 Å². The molecule has 0 saturated carbocycles. The van der Waals surface area contributed by atoms with Crippen LogP contribution < -0.4 is 4.74 Å². The van der Waals surface area contributed by atoms with Crippen molar-refractivity contribution in [3.63, 3.8) is 0 Å². The maximum atomic E-state index is 12.7. The van der Waals surface area contributed by atoms with Crippen LogP contribution in [0.3, 0.4) is 0 Å². The van der Waals surface area contributed by atoms with Gasteiger partial charge in [0, 0.05) is 5.33 Å². The Labute approximate surface area is 136 Å². The summed E-state index contributed by atoms with van der Waals surface area (Å²) in [6.07, 6.45) is -9.33. The van der Waals surface area contributed by atoms with Crippen LogP contribution in [0.5, 0.6) is 5.75 Å². The SMILES string of the molecule is FC(F)(F)Oc1cccc(-c2ccc(C(F)(F)F)cc2CBr)c1. The molecule has 2 rings (SSSR count). The maximum Gasteiger partial charge on any atom is 0.573 e. The Morgan fingerprint density at radius 3 is 2.17 bits per heavy atom. The van der Waals surface area contributed by atoms with Gasteiger partial charge in [-0.1, -0.05) is 34.1 Å². The summed E-state index contributed by atoms with van der Waals surface area (Å²) < 4.78 is 78.8. The summed E-state index contributed by atoms with van der Waals surface area (Å²) in [5.74, 6) is -0.435. The molecular formula is C15H9BrF6O. The number of hydrogen-bond donors (Lipinski definition) is 0. The van der Waals surface area contributed by atoms with E-state index in [1.807, 2.05) is 0 Å². The Morgan fingerprint density at radius 1 is 0.913 bits per heavy atom. The van der Waals surface area contributed by atoms with E-state index in [1.54, 1.807) is 0 Å². The number of rotatable bonds is 3. The molecule has 0 aliphatic rings. The number of hydrogen-bond acceptors (Lipinski definition) is 1. The fourth-order valence-corrected chi connectivity index (χ4v) is 2.49. The Bertz CT molecular complexity index is 693. The summed E-state index contributed by atoms with van der Waals surface area (Å²) in [5.41, 5.74) is 0.208. The van der Waals surface area contributed by atoms with Crippen LogP contribution in [-0.2, 0) is 11.5 Å². The van der Waals surface area contributed by atoms with E-state index in [0.29, 0.717) is 16.7 Å². The third kappa shape index (κ3) is 4.63. The van der Waals surface area contributed by atoms with Crippen molar-refractivity contribution >= 4 is 15.9 Å². The molecule has 0 N–H and O–H groups in total. The van der Waals surface area contributed by atoms with Crippen LogP contribution in [0.15, 0.2) is 42.5 Å². The number of halogens is 7. The molecule has 2 aromatic rings. The molecule has 0 spiro atoms. The van der Waals surface area contributed by atoms with Crippen LogP contribution in [0, 0.1) is 0 Å². The molecule has 0 atom stereocenters. The molecule has 0 aliphatic carbocycles. The Morgan fingerprint density at radius 2 is 1.61 bits per heavy atom. The van der Waals surface area contributed by atoms with Crippen LogP contribution in [-0.4, -0.2) is 6.36 Å². The minimum Gasteiger partial charge on any atom is -0.406 e. The van der Waals surface area contributed by atoms with Gasteiger partial charge in [0.15, 0.2) is 0 Å². The van der Waals surface area contributed by atoms with E-state index in [2.05, 4.69) is 20.7 Å². The van der Waals surface area contributed by atoms with E-state index in [1.165, 1.54) is 18.2 Å². The summed E-state index contributed by atoms with van der Waals surface area (Å²) in [6, 6.07) is 8.16. The Balaban J connectivity index is 2.44. The predicted molar refractivity (Wildman–Crippen MR) is 76.2 cm³/mol. The molecule has 0 heterocycles. The van der Waals surface area contributed by atoms with E-state index in [4.69, 9.17) is 0 Å². The molecule has 0 fully saturated rings. The summed E-state index contributed by atoms with van der Waals surface area (Å²) in [6.45, 7) is 0. The Hall–Kier alpha value is -1.70. The Kier molecular flexibility index (Phi) is 4.93. The first-order chi connectivity index (χ1) is 10.6. The molecule has 8 heteroatoms. The van der Waals surface area contributed by atoms with Crippen molar-refractivity contribution < 1.29 is 31.1 Å². The topological polar surface area (TPSA) is 9.23 Å². The number of alkyl halides is 7. The van der Waals surface area contributed by atoms with Gasteiger partial charge >= 0.3 is 12.5 Å². The highest BCUT2D eigenvalue weighted by molar-refractivity contribution is 9.08. The van der Waals surface area contributed by atoms with Gasteiger partial charge in [0.25, 0.3) is 0 Å². The molecule has 23 heavy (non-hydrogen) atoms. The molecule has 124 valence electrons.